The summed E-state index contributed by atoms with van der Waals surface area (Å²) in [5.41, 5.74) is 2.00. The lowest BCUT2D eigenvalue weighted by Crippen LogP contribution is -1.98. The first-order valence-corrected chi connectivity index (χ1v) is 4.55. The molecule has 3 nitrogen and oxygen atoms in total. The minimum absolute atomic E-state index is 0.114. The molecular formula is C11H16O3. The molecule has 1 aromatic rings. The maximum atomic E-state index is 8.88. The first kappa shape index (κ1) is 10.9. The predicted molar refractivity (Wildman–Crippen MR) is 55.1 cm³/mol. The van der Waals surface area contributed by atoms with Crippen molar-refractivity contribution >= 4 is 0 Å². The van der Waals surface area contributed by atoms with Gasteiger partial charge in [0.1, 0.15) is 11.5 Å². The highest BCUT2D eigenvalue weighted by Gasteiger charge is 2.07. The number of methoxy groups -OCH3 is 2. The Morgan fingerprint density at radius 2 is 1.79 bits per heavy atom. The van der Waals surface area contributed by atoms with Gasteiger partial charge in [0, 0.05) is 12.2 Å². The van der Waals surface area contributed by atoms with Gasteiger partial charge in [-0.15, -0.1) is 0 Å². The fraction of sp³-hybridized carbons (Fsp3) is 0.455. The zero-order chi connectivity index (χ0) is 10.6. The van der Waals surface area contributed by atoms with Crippen LogP contribution in [-0.4, -0.2) is 25.9 Å². The van der Waals surface area contributed by atoms with Crippen LogP contribution in [0.15, 0.2) is 12.1 Å². The molecule has 78 valence electrons. The van der Waals surface area contributed by atoms with Crippen LogP contribution >= 0.6 is 0 Å². The lowest BCUT2D eigenvalue weighted by atomic mass is 10.1. The van der Waals surface area contributed by atoms with Crippen LogP contribution in [0.4, 0.5) is 0 Å². The van der Waals surface area contributed by atoms with Crippen molar-refractivity contribution in [2.75, 3.05) is 20.8 Å². The van der Waals surface area contributed by atoms with Gasteiger partial charge in [-0.2, -0.15) is 0 Å². The summed E-state index contributed by atoms with van der Waals surface area (Å²) in [6.07, 6.45) is 0.583. The molecule has 14 heavy (non-hydrogen) atoms. The molecule has 0 fully saturated rings. The number of aryl methyl sites for hydroxylation is 1. The average molecular weight is 196 g/mol. The lowest BCUT2D eigenvalue weighted by Gasteiger charge is -2.11. The fourth-order valence-electron chi connectivity index (χ4n) is 1.43. The van der Waals surface area contributed by atoms with Crippen molar-refractivity contribution in [2.24, 2.45) is 0 Å². The zero-order valence-corrected chi connectivity index (χ0v) is 8.83. The first-order valence-electron chi connectivity index (χ1n) is 4.55. The molecule has 0 atom stereocenters. The van der Waals surface area contributed by atoms with E-state index in [0.29, 0.717) is 6.42 Å². The third kappa shape index (κ3) is 2.17. The van der Waals surface area contributed by atoms with Crippen LogP contribution in [0.25, 0.3) is 0 Å². The molecule has 1 aromatic carbocycles. The molecular weight excluding hydrogens is 180 g/mol. The first-order chi connectivity index (χ1) is 6.72. The quantitative estimate of drug-likeness (QED) is 0.794. The maximum Gasteiger partial charge on any atom is 0.122 e. The molecule has 1 rings (SSSR count). The van der Waals surface area contributed by atoms with Crippen LogP contribution in [0.1, 0.15) is 11.1 Å². The molecule has 0 bridgehead atoms. The average Bonchev–Trinajstić information content (AvgIpc) is 2.20. The zero-order valence-electron chi connectivity index (χ0n) is 8.83. The SMILES string of the molecule is COc1cc(CCO)c(OC)cc1C. The second-order valence-corrected chi connectivity index (χ2v) is 3.11. The molecule has 0 radical (unpaired) electrons. The van der Waals surface area contributed by atoms with Gasteiger partial charge in [0.25, 0.3) is 0 Å². The van der Waals surface area contributed by atoms with Gasteiger partial charge in [0.05, 0.1) is 14.2 Å². The van der Waals surface area contributed by atoms with Gasteiger partial charge in [-0.05, 0) is 31.0 Å². The summed E-state index contributed by atoms with van der Waals surface area (Å²) in [7, 11) is 3.26. The summed E-state index contributed by atoms with van der Waals surface area (Å²) >= 11 is 0. The monoisotopic (exact) mass is 196 g/mol. The smallest absolute Gasteiger partial charge is 0.122 e. The summed E-state index contributed by atoms with van der Waals surface area (Å²) in [5, 5.41) is 8.88. The second kappa shape index (κ2) is 4.86. The fourth-order valence-corrected chi connectivity index (χ4v) is 1.43. The Bertz CT molecular complexity index is 308. The van der Waals surface area contributed by atoms with Crippen LogP contribution in [0.3, 0.4) is 0 Å². The van der Waals surface area contributed by atoms with Crippen molar-refractivity contribution in [1.82, 2.24) is 0 Å². The summed E-state index contributed by atoms with van der Waals surface area (Å²) < 4.78 is 10.4. The Labute approximate surface area is 84.3 Å². The van der Waals surface area contributed by atoms with Crippen molar-refractivity contribution < 1.29 is 14.6 Å². The molecule has 0 amide bonds. The summed E-state index contributed by atoms with van der Waals surface area (Å²) in [5.74, 6) is 1.63. The Balaban J connectivity index is 3.11. The topological polar surface area (TPSA) is 38.7 Å². The molecule has 0 spiro atoms. The van der Waals surface area contributed by atoms with Crippen LogP contribution in [0.2, 0.25) is 0 Å². The van der Waals surface area contributed by atoms with Gasteiger partial charge in [-0.25, -0.2) is 0 Å². The standard InChI is InChI=1S/C11H16O3/c1-8-6-11(14-3)9(4-5-12)7-10(8)13-2/h6-7,12H,4-5H2,1-3H3. The van der Waals surface area contributed by atoms with E-state index < -0.39 is 0 Å². The number of benzene rings is 1. The molecule has 0 aliphatic carbocycles. The summed E-state index contributed by atoms with van der Waals surface area (Å²) in [4.78, 5) is 0. The molecule has 1 N–H and O–H groups in total. The minimum atomic E-state index is 0.114. The minimum Gasteiger partial charge on any atom is -0.496 e. The highest BCUT2D eigenvalue weighted by molar-refractivity contribution is 5.45. The van der Waals surface area contributed by atoms with Crippen molar-refractivity contribution in [1.29, 1.82) is 0 Å². The predicted octanol–water partition coefficient (Wildman–Crippen LogP) is 1.55. The van der Waals surface area contributed by atoms with E-state index in [0.717, 1.165) is 22.6 Å². The largest absolute Gasteiger partial charge is 0.496 e. The van der Waals surface area contributed by atoms with Gasteiger partial charge in [-0.1, -0.05) is 0 Å². The van der Waals surface area contributed by atoms with Crippen LogP contribution in [0, 0.1) is 6.92 Å². The van der Waals surface area contributed by atoms with E-state index in [1.807, 2.05) is 19.1 Å². The number of hydrogen-bond acceptors (Lipinski definition) is 3. The van der Waals surface area contributed by atoms with E-state index in [4.69, 9.17) is 14.6 Å². The molecule has 3 heteroatoms. The highest BCUT2D eigenvalue weighted by atomic mass is 16.5. The number of aliphatic hydroxyl groups excluding tert-OH is 1. The van der Waals surface area contributed by atoms with Gasteiger partial charge >= 0.3 is 0 Å². The molecule has 0 saturated carbocycles. The number of rotatable bonds is 4. The number of aliphatic hydroxyl groups is 1. The maximum absolute atomic E-state index is 8.88. The summed E-state index contributed by atoms with van der Waals surface area (Å²) in [6.45, 7) is 2.08. The number of hydrogen-bond donors (Lipinski definition) is 1. The van der Waals surface area contributed by atoms with E-state index in [-0.39, 0.29) is 6.61 Å². The van der Waals surface area contributed by atoms with E-state index in [1.165, 1.54) is 0 Å². The van der Waals surface area contributed by atoms with Crippen molar-refractivity contribution in [2.45, 2.75) is 13.3 Å². The molecule has 0 saturated heterocycles. The molecule has 0 unspecified atom stereocenters. The van der Waals surface area contributed by atoms with Crippen LogP contribution in [-0.2, 0) is 6.42 Å². The third-order valence-electron chi connectivity index (χ3n) is 2.18. The molecule has 0 aromatic heterocycles. The van der Waals surface area contributed by atoms with Crippen LogP contribution in [0.5, 0.6) is 11.5 Å². The Morgan fingerprint density at radius 1 is 1.14 bits per heavy atom. The molecule has 0 heterocycles. The second-order valence-electron chi connectivity index (χ2n) is 3.11. The molecule has 0 aliphatic rings. The van der Waals surface area contributed by atoms with Gasteiger partial charge in [0.2, 0.25) is 0 Å². The van der Waals surface area contributed by atoms with E-state index in [9.17, 15) is 0 Å². The Morgan fingerprint density at radius 3 is 2.29 bits per heavy atom. The third-order valence-corrected chi connectivity index (χ3v) is 2.18. The summed E-state index contributed by atoms with van der Waals surface area (Å²) in [6, 6.07) is 3.83. The van der Waals surface area contributed by atoms with Crippen molar-refractivity contribution in [3.05, 3.63) is 23.3 Å². The number of ether oxygens (including phenoxy) is 2. The van der Waals surface area contributed by atoms with E-state index >= 15 is 0 Å². The Hall–Kier alpha value is -1.22. The van der Waals surface area contributed by atoms with Crippen molar-refractivity contribution in [3.8, 4) is 11.5 Å². The van der Waals surface area contributed by atoms with Crippen LogP contribution < -0.4 is 9.47 Å². The Kier molecular flexibility index (Phi) is 3.77. The lowest BCUT2D eigenvalue weighted by molar-refractivity contribution is 0.296. The van der Waals surface area contributed by atoms with Gasteiger partial charge in [-0.3, -0.25) is 0 Å². The van der Waals surface area contributed by atoms with E-state index in [2.05, 4.69) is 0 Å². The normalized spacial score (nSPS) is 10.0. The molecule has 0 aliphatic heterocycles. The van der Waals surface area contributed by atoms with E-state index in [1.54, 1.807) is 14.2 Å². The van der Waals surface area contributed by atoms with Gasteiger partial charge in [0.15, 0.2) is 0 Å². The highest BCUT2D eigenvalue weighted by Crippen LogP contribution is 2.28. The van der Waals surface area contributed by atoms with Gasteiger partial charge < -0.3 is 14.6 Å². The van der Waals surface area contributed by atoms with Crippen molar-refractivity contribution in [3.63, 3.8) is 0 Å².